The van der Waals surface area contributed by atoms with Crippen molar-refractivity contribution in [1.29, 1.82) is 10.7 Å². The Kier molecular flexibility index (Phi) is 5.36. The van der Waals surface area contributed by atoms with E-state index in [4.69, 9.17) is 5.41 Å². The predicted molar refractivity (Wildman–Crippen MR) is 103 cm³/mol. The fourth-order valence-corrected chi connectivity index (χ4v) is 5.80. The lowest BCUT2D eigenvalue weighted by Crippen LogP contribution is -2.20. The summed E-state index contributed by atoms with van der Waals surface area (Å²) in [5.74, 6) is 0. The number of alkyl halides is 3. The highest BCUT2D eigenvalue weighted by atomic mass is 32.2. The first-order chi connectivity index (χ1) is 13.6. The smallest absolute Gasteiger partial charge is 0.359 e. The number of halogens is 3. The molecule has 1 heterocycles. The lowest BCUT2D eigenvalue weighted by atomic mass is 10.0. The van der Waals surface area contributed by atoms with Crippen LogP contribution in [0.1, 0.15) is 36.8 Å². The summed E-state index contributed by atoms with van der Waals surface area (Å²) < 4.78 is 66.2. The number of aliphatic imine (C=N–C) groups is 1. The Bertz CT molecular complexity index is 1160. The minimum Gasteiger partial charge on any atom is -0.359 e. The maximum absolute atomic E-state index is 13.3. The molecule has 1 aliphatic carbocycles. The summed E-state index contributed by atoms with van der Waals surface area (Å²) in [5.41, 5.74) is -2.37. The van der Waals surface area contributed by atoms with Gasteiger partial charge in [0.2, 0.25) is 0 Å². The van der Waals surface area contributed by atoms with E-state index >= 15 is 0 Å². The number of nitrogens with zero attached hydrogens (tertiary/aromatic N) is 2. The summed E-state index contributed by atoms with van der Waals surface area (Å²) in [4.78, 5) is 5.59. The van der Waals surface area contributed by atoms with Gasteiger partial charge in [-0.15, -0.1) is 0 Å². The number of allylic oxidation sites excluding steroid dienone is 1. The van der Waals surface area contributed by atoms with Gasteiger partial charge in [0, 0.05) is 23.3 Å². The molecule has 1 aliphatic rings. The van der Waals surface area contributed by atoms with Gasteiger partial charge in [-0.25, -0.2) is 8.42 Å². The van der Waals surface area contributed by atoms with Crippen molar-refractivity contribution >= 4 is 33.2 Å². The summed E-state index contributed by atoms with van der Waals surface area (Å²) >= 11 is 0. The second kappa shape index (κ2) is 7.48. The van der Waals surface area contributed by atoms with E-state index in [-0.39, 0.29) is 26.9 Å². The van der Waals surface area contributed by atoms with Crippen molar-refractivity contribution in [2.45, 2.75) is 42.0 Å². The zero-order chi connectivity index (χ0) is 21.4. The largest absolute Gasteiger partial charge is 0.419 e. The van der Waals surface area contributed by atoms with Gasteiger partial charge in [0.1, 0.15) is 11.0 Å². The van der Waals surface area contributed by atoms with Crippen molar-refractivity contribution in [2.24, 2.45) is 4.99 Å². The first-order valence-corrected chi connectivity index (χ1v) is 10.3. The number of sulfone groups is 1. The molecule has 1 aromatic heterocycles. The van der Waals surface area contributed by atoms with Gasteiger partial charge in [-0.1, -0.05) is 18.9 Å². The van der Waals surface area contributed by atoms with Crippen LogP contribution in [0.15, 0.2) is 40.0 Å². The summed E-state index contributed by atoms with van der Waals surface area (Å²) in [6.45, 7) is 3.01. The van der Waals surface area contributed by atoms with Crippen LogP contribution < -0.4 is 0 Å². The minimum atomic E-state index is -4.84. The van der Waals surface area contributed by atoms with Crippen molar-refractivity contribution in [1.82, 2.24) is 4.98 Å². The first-order valence-electron chi connectivity index (χ1n) is 8.73. The maximum atomic E-state index is 13.3. The molecule has 0 aliphatic heterocycles. The number of aromatic nitrogens is 1. The standard InChI is InChI=1S/C19H17F3N4O2S/c1-25-10-15(19(20,21)22)16(24)14-9-26-17-13(14)7-6-11(8-23)18(17)29(27,28)12-4-2-3-5-12/h6-7,9-10,12,24,26H,1-5H2/b15-10+,24-16?. The van der Waals surface area contributed by atoms with Gasteiger partial charge in [-0.2, -0.15) is 18.4 Å². The highest BCUT2D eigenvalue weighted by molar-refractivity contribution is 7.92. The molecule has 6 nitrogen and oxygen atoms in total. The SMILES string of the molecule is C=N/C=C(\C(=N)c1c[nH]c2c(S(=O)(=O)C3CCCC3)c(C#N)ccc12)C(F)(F)F. The van der Waals surface area contributed by atoms with Crippen LogP contribution in [-0.2, 0) is 9.84 Å². The van der Waals surface area contributed by atoms with E-state index in [2.05, 4.69) is 16.7 Å². The monoisotopic (exact) mass is 422 g/mol. The quantitative estimate of drug-likeness (QED) is 0.702. The number of benzene rings is 1. The van der Waals surface area contributed by atoms with Crippen LogP contribution in [0.5, 0.6) is 0 Å². The molecule has 2 aromatic rings. The zero-order valence-corrected chi connectivity index (χ0v) is 16.0. The molecule has 3 rings (SSSR count). The lowest BCUT2D eigenvalue weighted by Gasteiger charge is -2.14. The van der Waals surface area contributed by atoms with Crippen LogP contribution >= 0.6 is 0 Å². The van der Waals surface area contributed by atoms with Gasteiger partial charge in [-0.05, 0) is 25.6 Å². The fourth-order valence-electron chi connectivity index (χ4n) is 3.64. The Morgan fingerprint density at radius 3 is 2.55 bits per heavy atom. The molecule has 29 heavy (non-hydrogen) atoms. The number of rotatable bonds is 5. The fraction of sp³-hybridized carbons (Fsp3) is 0.316. The van der Waals surface area contributed by atoms with E-state index in [1.165, 1.54) is 12.1 Å². The van der Waals surface area contributed by atoms with Gasteiger partial charge in [0.15, 0.2) is 9.84 Å². The average molecular weight is 422 g/mol. The van der Waals surface area contributed by atoms with E-state index in [0.717, 1.165) is 19.0 Å². The van der Waals surface area contributed by atoms with Crippen molar-refractivity contribution in [3.05, 3.63) is 41.2 Å². The van der Waals surface area contributed by atoms with E-state index in [9.17, 15) is 26.9 Å². The predicted octanol–water partition coefficient (Wildman–Crippen LogP) is 4.27. The third-order valence-corrected chi connectivity index (χ3v) is 7.36. The van der Waals surface area contributed by atoms with Crippen molar-refractivity contribution in [2.75, 3.05) is 0 Å². The van der Waals surface area contributed by atoms with Crippen LogP contribution in [0.25, 0.3) is 10.9 Å². The third kappa shape index (κ3) is 3.58. The van der Waals surface area contributed by atoms with Gasteiger partial charge in [-0.3, -0.25) is 10.4 Å². The second-order valence-corrected chi connectivity index (χ2v) is 8.89. The molecule has 0 unspecified atom stereocenters. The van der Waals surface area contributed by atoms with E-state index in [1.807, 2.05) is 6.07 Å². The summed E-state index contributed by atoms with van der Waals surface area (Å²) in [7, 11) is -3.87. The van der Waals surface area contributed by atoms with Crippen molar-refractivity contribution in [3.8, 4) is 6.07 Å². The number of nitrogens with one attached hydrogen (secondary N) is 2. The molecule has 10 heteroatoms. The molecule has 1 saturated carbocycles. The minimum absolute atomic E-state index is 0.0313. The summed E-state index contributed by atoms with van der Waals surface area (Å²) in [6.07, 6.45) is -0.788. The summed E-state index contributed by atoms with van der Waals surface area (Å²) in [6, 6.07) is 4.46. The number of aromatic amines is 1. The van der Waals surface area contributed by atoms with Crippen LogP contribution in [0.2, 0.25) is 0 Å². The molecule has 0 amide bonds. The van der Waals surface area contributed by atoms with Gasteiger partial charge < -0.3 is 4.98 Å². The van der Waals surface area contributed by atoms with Crippen molar-refractivity contribution < 1.29 is 21.6 Å². The number of fused-ring (bicyclic) bond motifs is 1. The lowest BCUT2D eigenvalue weighted by molar-refractivity contribution is -0.0862. The molecule has 0 saturated heterocycles. The number of H-pyrrole nitrogens is 1. The highest BCUT2D eigenvalue weighted by Gasteiger charge is 2.39. The number of nitriles is 1. The molecular formula is C19H17F3N4O2S. The molecule has 152 valence electrons. The Hall–Kier alpha value is -2.93. The summed E-state index contributed by atoms with van der Waals surface area (Å²) in [5, 5.41) is 16.9. The van der Waals surface area contributed by atoms with E-state index < -0.39 is 32.5 Å². The molecule has 0 spiro atoms. The van der Waals surface area contributed by atoms with Crippen molar-refractivity contribution in [3.63, 3.8) is 0 Å². The topological polar surface area (TPSA) is 110 Å². The average Bonchev–Trinajstić information content (AvgIpc) is 3.33. The first kappa shape index (κ1) is 20.8. The van der Waals surface area contributed by atoms with Crippen LogP contribution in [-0.4, -0.2) is 37.3 Å². The molecule has 0 bridgehead atoms. The number of hydrogen-bond acceptors (Lipinski definition) is 5. The Labute approximate surface area is 165 Å². The van der Waals surface area contributed by atoms with Gasteiger partial charge in [0.25, 0.3) is 0 Å². The third-order valence-electron chi connectivity index (χ3n) is 5.02. The second-order valence-electron chi connectivity index (χ2n) is 6.73. The van der Waals surface area contributed by atoms with Gasteiger partial charge >= 0.3 is 6.18 Å². The van der Waals surface area contributed by atoms with E-state index in [1.54, 1.807) is 0 Å². The molecule has 0 atom stereocenters. The highest BCUT2D eigenvalue weighted by Crippen LogP contribution is 2.37. The number of hydrogen-bond donors (Lipinski definition) is 2. The molecule has 1 fully saturated rings. The van der Waals surface area contributed by atoms with Crippen LogP contribution in [0.3, 0.4) is 0 Å². The normalized spacial score (nSPS) is 16.1. The Balaban J connectivity index is 2.23. The molecule has 0 radical (unpaired) electrons. The zero-order valence-electron chi connectivity index (χ0n) is 15.2. The molecule has 2 N–H and O–H groups in total. The Morgan fingerprint density at radius 1 is 1.34 bits per heavy atom. The molecule has 1 aromatic carbocycles. The molecular weight excluding hydrogens is 405 g/mol. The van der Waals surface area contributed by atoms with E-state index in [0.29, 0.717) is 19.0 Å². The van der Waals surface area contributed by atoms with Crippen LogP contribution in [0, 0.1) is 16.7 Å². The van der Waals surface area contributed by atoms with Crippen LogP contribution in [0.4, 0.5) is 13.2 Å². The maximum Gasteiger partial charge on any atom is 0.419 e. The van der Waals surface area contributed by atoms with Gasteiger partial charge in [0.05, 0.1) is 27.6 Å². The Morgan fingerprint density at radius 2 is 2.00 bits per heavy atom.